The van der Waals surface area contributed by atoms with Gasteiger partial charge in [0.1, 0.15) is 0 Å². The molecule has 0 fully saturated rings. The van der Waals surface area contributed by atoms with E-state index in [2.05, 4.69) is 32.3 Å². The molecule has 6 nitrogen and oxygen atoms in total. The number of carbonyl (C=O) groups excluding carboxylic acids is 1. The molecular formula is C17H16N4O2S. The minimum Gasteiger partial charge on any atom is -0.466 e. The van der Waals surface area contributed by atoms with Crippen LogP contribution in [0.5, 0.6) is 0 Å². The van der Waals surface area contributed by atoms with Crippen LogP contribution in [-0.2, 0) is 23.0 Å². The summed E-state index contributed by atoms with van der Waals surface area (Å²) in [6, 6.07) is 12.2. The van der Waals surface area contributed by atoms with Crippen molar-refractivity contribution in [2.75, 3.05) is 7.11 Å². The van der Waals surface area contributed by atoms with Gasteiger partial charge in [0.25, 0.3) is 0 Å². The number of aromatic nitrogens is 4. The lowest BCUT2D eigenvalue weighted by Gasteiger charge is -2.00. The van der Waals surface area contributed by atoms with Gasteiger partial charge in [-0.1, -0.05) is 30.3 Å². The molecule has 0 aliphatic heterocycles. The number of methoxy groups -OCH3 is 1. The molecule has 0 bridgehead atoms. The lowest BCUT2D eigenvalue weighted by atomic mass is 10.1. The lowest BCUT2D eigenvalue weighted by Crippen LogP contribution is -1.92. The maximum Gasteiger partial charge on any atom is 0.330 e. The van der Waals surface area contributed by atoms with Crippen LogP contribution in [0.4, 0.5) is 0 Å². The van der Waals surface area contributed by atoms with E-state index in [1.165, 1.54) is 23.5 Å². The molecule has 0 saturated carbocycles. The Labute approximate surface area is 143 Å². The minimum atomic E-state index is -0.382. The molecule has 0 aliphatic carbocycles. The average molecular weight is 340 g/mol. The van der Waals surface area contributed by atoms with Gasteiger partial charge in [-0.05, 0) is 22.9 Å². The van der Waals surface area contributed by atoms with E-state index in [0.717, 1.165) is 21.7 Å². The molecule has 3 rings (SSSR count). The Morgan fingerprint density at radius 3 is 2.79 bits per heavy atom. The number of ether oxygens (including phenoxy) is 1. The molecule has 1 aromatic carbocycles. The molecule has 0 saturated heterocycles. The van der Waals surface area contributed by atoms with E-state index in [0.29, 0.717) is 5.82 Å². The Balaban J connectivity index is 1.96. The summed E-state index contributed by atoms with van der Waals surface area (Å²) >= 11 is 1.60. The van der Waals surface area contributed by atoms with Gasteiger partial charge in [-0.15, -0.1) is 21.5 Å². The van der Waals surface area contributed by atoms with E-state index in [1.54, 1.807) is 24.5 Å². The highest BCUT2D eigenvalue weighted by Crippen LogP contribution is 2.32. The van der Waals surface area contributed by atoms with Crippen molar-refractivity contribution in [3.63, 3.8) is 0 Å². The monoisotopic (exact) mass is 340 g/mol. The summed E-state index contributed by atoms with van der Waals surface area (Å²) in [5.74, 6) is 0.199. The highest BCUT2D eigenvalue weighted by Gasteiger charge is 2.15. The Morgan fingerprint density at radius 2 is 2.12 bits per heavy atom. The highest BCUT2D eigenvalue weighted by molar-refractivity contribution is 7.13. The van der Waals surface area contributed by atoms with Crippen molar-refractivity contribution in [2.45, 2.75) is 6.42 Å². The molecule has 122 valence electrons. The number of rotatable bonds is 5. The van der Waals surface area contributed by atoms with Crippen LogP contribution in [-0.4, -0.2) is 33.3 Å². The molecule has 0 N–H and O–H groups in total. The van der Waals surface area contributed by atoms with E-state index < -0.39 is 0 Å². The third-order valence-corrected chi connectivity index (χ3v) is 4.47. The largest absolute Gasteiger partial charge is 0.466 e. The zero-order valence-corrected chi connectivity index (χ0v) is 14.2. The lowest BCUT2D eigenvalue weighted by molar-refractivity contribution is -0.134. The Hall–Kier alpha value is -2.80. The van der Waals surface area contributed by atoms with Crippen molar-refractivity contribution in [1.29, 1.82) is 0 Å². The summed E-state index contributed by atoms with van der Waals surface area (Å²) in [6.07, 6.45) is 3.92. The average Bonchev–Trinajstić information content (AvgIpc) is 3.19. The molecule has 0 amide bonds. The first kappa shape index (κ1) is 16.1. The maximum absolute atomic E-state index is 11.3. The number of esters is 1. The fourth-order valence-corrected chi connectivity index (χ4v) is 3.34. The van der Waals surface area contributed by atoms with Crippen LogP contribution >= 0.6 is 11.3 Å². The molecule has 0 spiro atoms. The van der Waals surface area contributed by atoms with Gasteiger partial charge in [-0.2, -0.15) is 4.80 Å². The van der Waals surface area contributed by atoms with Crippen LogP contribution in [0.25, 0.3) is 17.5 Å². The predicted octanol–water partition coefficient (Wildman–Crippen LogP) is 2.72. The minimum absolute atomic E-state index is 0.382. The molecule has 7 heteroatoms. The Morgan fingerprint density at radius 1 is 1.33 bits per heavy atom. The number of aryl methyl sites for hydroxylation is 1. The van der Waals surface area contributed by atoms with E-state index in [1.807, 2.05) is 24.3 Å². The quantitative estimate of drug-likeness (QED) is 0.527. The number of carbonyl (C=O) groups is 1. The third-order valence-electron chi connectivity index (χ3n) is 3.37. The zero-order chi connectivity index (χ0) is 16.9. The summed E-state index contributed by atoms with van der Waals surface area (Å²) in [6.45, 7) is 0. The molecule has 3 aromatic rings. The normalized spacial score (nSPS) is 11.1. The van der Waals surface area contributed by atoms with Crippen molar-refractivity contribution in [3.8, 4) is 11.4 Å². The van der Waals surface area contributed by atoms with Gasteiger partial charge in [0, 0.05) is 27.8 Å². The van der Waals surface area contributed by atoms with E-state index >= 15 is 0 Å². The summed E-state index contributed by atoms with van der Waals surface area (Å²) < 4.78 is 4.63. The Kier molecular flexibility index (Phi) is 4.81. The van der Waals surface area contributed by atoms with E-state index in [-0.39, 0.29) is 5.97 Å². The van der Waals surface area contributed by atoms with Gasteiger partial charge in [-0.3, -0.25) is 0 Å². The standard InChI is InChI=1S/C17H16N4O2S/c1-21-19-17(18-20-21)14-11-13(8-9-16(22)23-2)24-15(14)10-12-6-4-3-5-7-12/h3-9,11H,10H2,1-2H3/b9-8+. The Bertz CT molecular complexity index is 868. The summed E-state index contributed by atoms with van der Waals surface area (Å²) in [5.41, 5.74) is 2.13. The van der Waals surface area contributed by atoms with Gasteiger partial charge in [0.05, 0.1) is 14.2 Å². The molecule has 0 aliphatic rings. The van der Waals surface area contributed by atoms with Crippen LogP contribution < -0.4 is 0 Å². The van der Waals surface area contributed by atoms with Crippen LogP contribution in [0.1, 0.15) is 15.3 Å². The molecule has 24 heavy (non-hydrogen) atoms. The second-order valence-corrected chi connectivity index (χ2v) is 6.28. The van der Waals surface area contributed by atoms with E-state index in [4.69, 9.17) is 0 Å². The van der Waals surface area contributed by atoms with Gasteiger partial charge in [0.15, 0.2) is 0 Å². The first-order chi connectivity index (χ1) is 11.7. The number of tetrazole rings is 1. The number of nitrogens with zero attached hydrogens (tertiary/aromatic N) is 4. The summed E-state index contributed by atoms with van der Waals surface area (Å²) in [4.78, 5) is 14.8. The number of hydrogen-bond donors (Lipinski definition) is 0. The number of benzene rings is 1. The molecule has 0 radical (unpaired) electrons. The number of thiophene rings is 1. The van der Waals surface area contributed by atoms with E-state index in [9.17, 15) is 4.79 Å². The van der Waals surface area contributed by atoms with Crippen LogP contribution in [0.3, 0.4) is 0 Å². The summed E-state index contributed by atoms with van der Waals surface area (Å²) in [7, 11) is 3.09. The smallest absolute Gasteiger partial charge is 0.330 e. The second kappa shape index (κ2) is 7.18. The fraction of sp³-hybridized carbons (Fsp3) is 0.176. The fourth-order valence-electron chi connectivity index (χ4n) is 2.24. The molecule has 0 atom stereocenters. The first-order valence-corrected chi connectivity index (χ1v) is 8.14. The van der Waals surface area contributed by atoms with Gasteiger partial charge >= 0.3 is 5.97 Å². The molecule has 2 aromatic heterocycles. The second-order valence-electron chi connectivity index (χ2n) is 5.11. The van der Waals surface area contributed by atoms with Crippen molar-refractivity contribution in [3.05, 3.63) is 57.8 Å². The predicted molar refractivity (Wildman–Crippen MR) is 92.4 cm³/mol. The van der Waals surface area contributed by atoms with Crippen molar-refractivity contribution >= 4 is 23.4 Å². The maximum atomic E-state index is 11.3. The third kappa shape index (κ3) is 3.75. The molecule has 0 unspecified atom stereocenters. The molecule has 2 heterocycles. The van der Waals surface area contributed by atoms with Crippen LogP contribution in [0.15, 0.2) is 42.5 Å². The number of hydrogen-bond acceptors (Lipinski definition) is 6. The van der Waals surface area contributed by atoms with Crippen molar-refractivity contribution in [2.24, 2.45) is 7.05 Å². The highest BCUT2D eigenvalue weighted by atomic mass is 32.1. The zero-order valence-electron chi connectivity index (χ0n) is 13.3. The molecular weight excluding hydrogens is 324 g/mol. The van der Waals surface area contributed by atoms with Gasteiger partial charge in [0.2, 0.25) is 5.82 Å². The van der Waals surface area contributed by atoms with Gasteiger partial charge in [-0.25, -0.2) is 4.79 Å². The first-order valence-electron chi connectivity index (χ1n) is 7.32. The van der Waals surface area contributed by atoms with Crippen LogP contribution in [0.2, 0.25) is 0 Å². The topological polar surface area (TPSA) is 69.9 Å². The van der Waals surface area contributed by atoms with Gasteiger partial charge < -0.3 is 4.74 Å². The summed E-state index contributed by atoms with van der Waals surface area (Å²) in [5, 5.41) is 12.3. The van der Waals surface area contributed by atoms with Crippen LogP contribution in [0, 0.1) is 0 Å². The SMILES string of the molecule is COC(=O)/C=C/c1cc(-c2nnn(C)n2)c(Cc2ccccc2)s1. The van der Waals surface area contributed by atoms with Crippen molar-refractivity contribution < 1.29 is 9.53 Å². The van der Waals surface area contributed by atoms with Crippen molar-refractivity contribution in [1.82, 2.24) is 20.2 Å².